The third-order valence-electron chi connectivity index (χ3n) is 0.832. The van der Waals surface area contributed by atoms with Crippen LogP contribution in [0.25, 0.3) is 0 Å². The molecular weight excluding hydrogens is 92.1 g/mol. The fraction of sp³-hybridized carbons (Fsp3) is 0.750. The molecule has 0 aromatic carbocycles. The summed E-state index contributed by atoms with van der Waals surface area (Å²) in [6.45, 7) is 1.76. The molecule has 0 amide bonds. The van der Waals surface area contributed by atoms with Crippen LogP contribution in [0.2, 0.25) is 0 Å². The Hall–Kier alpha value is -0.410. The molecule has 0 aliphatic rings. The van der Waals surface area contributed by atoms with E-state index in [1.54, 1.807) is 6.92 Å². The minimum atomic E-state index is -1.10. The van der Waals surface area contributed by atoms with Gasteiger partial charge in [-0.25, -0.2) is 0 Å². The Morgan fingerprint density at radius 3 is 2.14 bits per heavy atom. The average Bonchev–Trinajstić information content (AvgIpc) is 1.68. The van der Waals surface area contributed by atoms with Crippen LogP contribution in [0.3, 0.4) is 0 Å². The number of nitrogens with two attached hydrogens (primary N) is 2. The van der Waals surface area contributed by atoms with Crippen molar-refractivity contribution in [2.24, 2.45) is 11.5 Å². The van der Waals surface area contributed by atoms with Gasteiger partial charge in [0.25, 0.3) is 0 Å². The summed E-state index contributed by atoms with van der Waals surface area (Å²) in [5.74, 6) is 0. The van der Waals surface area contributed by atoms with Gasteiger partial charge in [0.2, 0.25) is 0 Å². The summed E-state index contributed by atoms with van der Waals surface area (Å²) in [4.78, 5) is 9.81. The number of rotatable bonds is 2. The van der Waals surface area contributed by atoms with Gasteiger partial charge in [0.15, 0.2) is 6.29 Å². The van der Waals surface area contributed by atoms with Gasteiger partial charge in [-0.05, 0) is 6.42 Å². The van der Waals surface area contributed by atoms with Crippen molar-refractivity contribution >= 4 is 6.29 Å². The SMILES string of the molecule is CCC(N)(N)C=O. The third kappa shape index (κ3) is 2.31. The fourth-order valence-electron chi connectivity index (χ4n) is 0.0833. The van der Waals surface area contributed by atoms with Gasteiger partial charge in [0, 0.05) is 0 Å². The first kappa shape index (κ1) is 6.59. The molecule has 0 fully saturated rings. The second kappa shape index (κ2) is 2.04. The van der Waals surface area contributed by atoms with E-state index >= 15 is 0 Å². The van der Waals surface area contributed by atoms with Gasteiger partial charge in [0.05, 0.1) is 0 Å². The van der Waals surface area contributed by atoms with Crippen LogP contribution >= 0.6 is 0 Å². The van der Waals surface area contributed by atoms with Crippen molar-refractivity contribution in [3.63, 3.8) is 0 Å². The number of aldehydes is 1. The van der Waals surface area contributed by atoms with Crippen LogP contribution in [0.5, 0.6) is 0 Å². The van der Waals surface area contributed by atoms with E-state index in [1.165, 1.54) is 0 Å². The molecule has 0 bridgehead atoms. The molecule has 0 saturated heterocycles. The minimum Gasteiger partial charge on any atom is -0.307 e. The molecule has 0 aliphatic carbocycles. The molecule has 4 N–H and O–H groups in total. The smallest absolute Gasteiger partial charge is 0.154 e. The lowest BCUT2D eigenvalue weighted by atomic mass is 10.2. The maximum absolute atomic E-state index is 9.81. The summed E-state index contributed by atoms with van der Waals surface area (Å²) < 4.78 is 0. The lowest BCUT2D eigenvalue weighted by Gasteiger charge is -2.11. The van der Waals surface area contributed by atoms with Crippen LogP contribution in [0.1, 0.15) is 13.3 Å². The van der Waals surface area contributed by atoms with Gasteiger partial charge in [-0.1, -0.05) is 6.92 Å². The molecule has 0 unspecified atom stereocenters. The molecule has 7 heavy (non-hydrogen) atoms. The Kier molecular flexibility index (Phi) is 1.92. The minimum absolute atomic E-state index is 0.483. The Labute approximate surface area is 42.7 Å². The number of carbonyl (C=O) groups is 1. The number of hydrogen-bond acceptors (Lipinski definition) is 3. The molecule has 0 atom stereocenters. The molecule has 0 aliphatic heterocycles. The quantitative estimate of drug-likeness (QED) is 0.354. The van der Waals surface area contributed by atoms with Gasteiger partial charge < -0.3 is 11.5 Å². The second-order valence-corrected chi connectivity index (χ2v) is 1.58. The summed E-state index contributed by atoms with van der Waals surface area (Å²) in [7, 11) is 0. The summed E-state index contributed by atoms with van der Waals surface area (Å²) in [5, 5.41) is 0. The Morgan fingerprint density at radius 2 is 2.14 bits per heavy atom. The van der Waals surface area contributed by atoms with E-state index < -0.39 is 5.66 Å². The Bertz CT molecular complexity index is 70.1. The van der Waals surface area contributed by atoms with Gasteiger partial charge in [-0.15, -0.1) is 0 Å². The van der Waals surface area contributed by atoms with Crippen LogP contribution in [-0.4, -0.2) is 11.9 Å². The molecule has 3 heteroatoms. The van der Waals surface area contributed by atoms with Crippen LogP contribution in [-0.2, 0) is 4.79 Å². The first-order valence-corrected chi connectivity index (χ1v) is 2.16. The molecule has 0 spiro atoms. The highest BCUT2D eigenvalue weighted by Crippen LogP contribution is 1.88. The maximum atomic E-state index is 9.81. The molecule has 0 heterocycles. The third-order valence-corrected chi connectivity index (χ3v) is 0.832. The molecule has 42 valence electrons. The zero-order valence-corrected chi connectivity index (χ0v) is 4.35. The fourth-order valence-corrected chi connectivity index (χ4v) is 0.0833. The summed E-state index contributed by atoms with van der Waals surface area (Å²) >= 11 is 0. The lowest BCUT2D eigenvalue weighted by Crippen LogP contribution is -2.50. The molecule has 3 nitrogen and oxygen atoms in total. The summed E-state index contributed by atoms with van der Waals surface area (Å²) in [6.07, 6.45) is 1.03. The van der Waals surface area contributed by atoms with Crippen LogP contribution in [0, 0.1) is 0 Å². The average molecular weight is 102 g/mol. The highest BCUT2D eigenvalue weighted by Gasteiger charge is 2.12. The van der Waals surface area contributed by atoms with Gasteiger partial charge in [0.1, 0.15) is 5.66 Å². The zero-order chi connectivity index (χ0) is 5.91. The summed E-state index contributed by atoms with van der Waals surface area (Å²) in [5.41, 5.74) is 9.15. The van der Waals surface area contributed by atoms with Crippen molar-refractivity contribution < 1.29 is 4.79 Å². The normalized spacial score (nSPS) is 11.3. The van der Waals surface area contributed by atoms with Gasteiger partial charge >= 0.3 is 0 Å². The predicted molar refractivity (Wildman–Crippen MR) is 27.5 cm³/mol. The van der Waals surface area contributed by atoms with E-state index in [-0.39, 0.29) is 0 Å². The van der Waals surface area contributed by atoms with Crippen molar-refractivity contribution in [1.82, 2.24) is 0 Å². The maximum Gasteiger partial charge on any atom is 0.154 e. The standard InChI is InChI=1S/C4H10N2O/c1-2-4(5,6)3-7/h3H,2,5-6H2,1H3. The second-order valence-electron chi connectivity index (χ2n) is 1.58. The first-order valence-electron chi connectivity index (χ1n) is 2.16. The van der Waals surface area contributed by atoms with Gasteiger partial charge in [-0.3, -0.25) is 4.79 Å². The van der Waals surface area contributed by atoms with E-state index in [4.69, 9.17) is 11.5 Å². The van der Waals surface area contributed by atoms with Crippen molar-refractivity contribution in [3.8, 4) is 0 Å². The predicted octanol–water partition coefficient (Wildman–Crippen LogP) is -0.791. The molecule has 0 rings (SSSR count). The van der Waals surface area contributed by atoms with E-state index in [2.05, 4.69) is 0 Å². The first-order chi connectivity index (χ1) is 3.12. The molecule has 0 radical (unpaired) electrons. The molecule has 0 saturated carbocycles. The number of carbonyl (C=O) groups excluding carboxylic acids is 1. The van der Waals surface area contributed by atoms with Crippen LogP contribution in [0.15, 0.2) is 0 Å². The molecule has 0 aromatic rings. The summed E-state index contributed by atoms with van der Waals surface area (Å²) in [6, 6.07) is 0. The monoisotopic (exact) mass is 102 g/mol. The Morgan fingerprint density at radius 1 is 1.71 bits per heavy atom. The van der Waals surface area contributed by atoms with Crippen LogP contribution in [0.4, 0.5) is 0 Å². The zero-order valence-electron chi connectivity index (χ0n) is 4.35. The largest absolute Gasteiger partial charge is 0.307 e. The highest BCUT2D eigenvalue weighted by atomic mass is 16.1. The van der Waals surface area contributed by atoms with Crippen molar-refractivity contribution in [1.29, 1.82) is 0 Å². The number of hydrogen-bond donors (Lipinski definition) is 2. The van der Waals surface area contributed by atoms with E-state index in [9.17, 15) is 4.79 Å². The lowest BCUT2D eigenvalue weighted by molar-refractivity contribution is -0.112. The van der Waals surface area contributed by atoms with Crippen molar-refractivity contribution in [3.05, 3.63) is 0 Å². The van der Waals surface area contributed by atoms with E-state index in [0.29, 0.717) is 12.7 Å². The Balaban J connectivity index is 3.58. The molecular formula is C4H10N2O. The topological polar surface area (TPSA) is 69.1 Å². The van der Waals surface area contributed by atoms with E-state index in [1.807, 2.05) is 0 Å². The highest BCUT2D eigenvalue weighted by molar-refractivity contribution is 5.62. The van der Waals surface area contributed by atoms with E-state index in [0.717, 1.165) is 0 Å². The van der Waals surface area contributed by atoms with Crippen molar-refractivity contribution in [2.75, 3.05) is 0 Å². The van der Waals surface area contributed by atoms with Crippen molar-refractivity contribution in [2.45, 2.75) is 19.0 Å². The van der Waals surface area contributed by atoms with Crippen LogP contribution < -0.4 is 11.5 Å². The molecule has 0 aromatic heterocycles. The van der Waals surface area contributed by atoms with Gasteiger partial charge in [-0.2, -0.15) is 0 Å².